The van der Waals surface area contributed by atoms with Gasteiger partial charge in [0.2, 0.25) is 11.9 Å². The van der Waals surface area contributed by atoms with E-state index in [1.54, 1.807) is 13.8 Å². The molecule has 0 bridgehead atoms. The molecule has 25 nitrogen and oxygen atoms in total. The van der Waals surface area contributed by atoms with E-state index in [1.165, 1.54) is 0 Å². The van der Waals surface area contributed by atoms with Gasteiger partial charge in [-0.25, -0.2) is 23.3 Å². The smallest absolute Gasteiger partial charge is 0.414 e. The molecule has 6 heterocycles. The highest BCUT2D eigenvalue weighted by molar-refractivity contribution is 7.48. The van der Waals surface area contributed by atoms with Crippen LogP contribution in [-0.2, 0) is 50.0 Å². The number of phosphoric acid groups is 1. The first-order valence-electron chi connectivity index (χ1n) is 22.8. The molecule has 4 aromatic heterocycles. The minimum Gasteiger partial charge on any atom is -0.414 e. The number of aliphatic hydroxyl groups excluding tert-OH is 1. The molecule has 10 atom stereocenters. The van der Waals surface area contributed by atoms with E-state index >= 15 is 13.3 Å². The molecular formula is C40H60F2N9O16P2Si2+. The fourth-order valence-corrected chi connectivity index (χ4v) is 20.2. The first-order valence-corrected chi connectivity index (χ1v) is 29.3. The van der Waals surface area contributed by atoms with Gasteiger partial charge in [-0.05, 0) is 22.2 Å². The molecule has 6 N–H and O–H groups in total. The van der Waals surface area contributed by atoms with E-state index in [1.807, 2.05) is 61.5 Å². The van der Waals surface area contributed by atoms with Crippen molar-refractivity contribution in [2.75, 3.05) is 25.1 Å². The Bertz CT molecular complexity index is 2760. The van der Waals surface area contributed by atoms with Gasteiger partial charge in [-0.1, -0.05) is 69.2 Å². The number of nitriles is 1. The van der Waals surface area contributed by atoms with Crippen LogP contribution in [0.25, 0.3) is 22.2 Å². The van der Waals surface area contributed by atoms with Crippen LogP contribution < -0.4 is 16.4 Å². The number of imidazole rings is 1. The van der Waals surface area contributed by atoms with Crippen molar-refractivity contribution in [1.29, 1.82) is 5.26 Å². The van der Waals surface area contributed by atoms with Crippen molar-refractivity contribution >= 4 is 67.3 Å². The number of hydrogen-bond acceptors (Lipinski definition) is 19. The maximum Gasteiger partial charge on any atom is 0.695 e. The highest BCUT2D eigenvalue weighted by Crippen LogP contribution is 2.56. The van der Waals surface area contributed by atoms with Crippen LogP contribution in [0.1, 0.15) is 88.1 Å². The van der Waals surface area contributed by atoms with Crippen LogP contribution in [0.5, 0.6) is 0 Å². The highest BCUT2D eigenvalue weighted by atomic mass is 31.2. The quantitative estimate of drug-likeness (QED) is 0.0319. The van der Waals surface area contributed by atoms with E-state index in [2.05, 4.69) is 30.2 Å². The van der Waals surface area contributed by atoms with Gasteiger partial charge in [0, 0.05) is 16.7 Å². The maximum absolute atomic E-state index is 16.6. The van der Waals surface area contributed by atoms with Crippen molar-refractivity contribution in [1.82, 2.24) is 34.1 Å². The molecule has 392 valence electrons. The third-order valence-corrected chi connectivity index (χ3v) is 23.9. The molecule has 31 heteroatoms. The molecule has 0 radical (unpaired) electrons. The largest absolute Gasteiger partial charge is 0.695 e. The Morgan fingerprint density at radius 1 is 0.972 bits per heavy atom. The second kappa shape index (κ2) is 22.6. The molecule has 2 aliphatic heterocycles. The number of aromatic nitrogens is 7. The number of ether oxygens (including phenoxy) is 2. The van der Waals surface area contributed by atoms with Crippen molar-refractivity contribution in [3.63, 3.8) is 0 Å². The van der Waals surface area contributed by atoms with E-state index in [9.17, 15) is 39.0 Å². The van der Waals surface area contributed by atoms with Gasteiger partial charge in [0.25, 0.3) is 11.1 Å². The molecule has 2 saturated heterocycles. The molecular weight excluding hydrogens is 1020 g/mol. The number of aliphatic hydroxyl groups is 1. The van der Waals surface area contributed by atoms with Crippen molar-refractivity contribution in [3.05, 3.63) is 45.4 Å². The third-order valence-electron chi connectivity index (χ3n) is 12.3. The van der Waals surface area contributed by atoms with Crippen molar-refractivity contribution < 1.29 is 73.6 Å². The summed E-state index contributed by atoms with van der Waals surface area (Å²) in [5.41, 5.74) is -4.07. The Hall–Kier alpha value is -4.09. The lowest BCUT2D eigenvalue weighted by atomic mass is 10.1. The Balaban J connectivity index is 1.43. The summed E-state index contributed by atoms with van der Waals surface area (Å²) in [6.07, 6.45) is -11.7. The Morgan fingerprint density at radius 2 is 1.63 bits per heavy atom. The average molecular weight is 1080 g/mol. The lowest BCUT2D eigenvalue weighted by Gasteiger charge is -2.47. The predicted octanol–water partition coefficient (Wildman–Crippen LogP) is 5.11. The number of fused-ring (bicyclic) bond motifs is 2. The zero-order valence-electron chi connectivity index (χ0n) is 40.5. The normalized spacial score (nSPS) is 24.3. The minimum atomic E-state index is -5.23. The van der Waals surface area contributed by atoms with E-state index in [4.69, 9.17) is 36.1 Å². The van der Waals surface area contributed by atoms with Crippen LogP contribution in [0, 0.1) is 23.1 Å². The second-order valence-electron chi connectivity index (χ2n) is 18.6. The summed E-state index contributed by atoms with van der Waals surface area (Å²) >= 11 is 0. The van der Waals surface area contributed by atoms with E-state index in [-0.39, 0.29) is 40.3 Å². The Labute approximate surface area is 408 Å². The summed E-state index contributed by atoms with van der Waals surface area (Å²) in [4.78, 5) is 77.5. The number of hydrogen-bond donors (Lipinski definition) is 6. The number of carbonyl (C=O) groups is 1. The Kier molecular flexibility index (Phi) is 17.9. The van der Waals surface area contributed by atoms with Gasteiger partial charge in [-0.2, -0.15) is 10.2 Å². The molecule has 1 amide bonds. The number of phosphoric ester groups is 1. The van der Waals surface area contributed by atoms with Crippen LogP contribution in [0.15, 0.2) is 28.4 Å². The molecule has 0 aromatic carbocycles. The van der Waals surface area contributed by atoms with Crippen molar-refractivity contribution in [2.45, 2.75) is 147 Å². The molecule has 0 saturated carbocycles. The fraction of sp³-hybridized carbons (Fsp3) is 0.675. The van der Waals surface area contributed by atoms with Gasteiger partial charge in [-0.15, -0.1) is 9.42 Å². The second-order valence-corrected chi connectivity index (χ2v) is 29.5. The minimum absolute atomic E-state index is 0.271. The summed E-state index contributed by atoms with van der Waals surface area (Å²) in [7, 11) is -16.3. The lowest BCUT2D eigenvalue weighted by Crippen LogP contribution is -2.62. The van der Waals surface area contributed by atoms with Crippen LogP contribution in [0.2, 0.25) is 22.2 Å². The van der Waals surface area contributed by atoms with Gasteiger partial charge in [0.1, 0.15) is 29.8 Å². The summed E-state index contributed by atoms with van der Waals surface area (Å²) in [6.45, 7) is 15.4. The topological polar surface area (TPSA) is 336 Å². The van der Waals surface area contributed by atoms with Crippen LogP contribution in [-0.4, -0.2) is 128 Å². The molecule has 71 heavy (non-hydrogen) atoms. The van der Waals surface area contributed by atoms with Crippen LogP contribution in [0.3, 0.4) is 0 Å². The van der Waals surface area contributed by atoms with E-state index in [0.717, 1.165) is 28.0 Å². The SMILES string of the molecule is CC(C)C(=O)Nc1nc2c(ncn2[C@@H]2O[C@H](COP(=O)(OCCC#N)O[C@@H]3[C@H](O[Si](O[Si](O)(C(C)C)C(C)C)(C(C)C)C(C)C)[C@@H](CO)O[C@H]3n3cc(F)c4c(=O)[nH]cnc43)[C@@H](O[P+](=O)O)[C@H]2F)c(=O)[nH]1. The molecule has 2 unspecified atom stereocenters. The summed E-state index contributed by atoms with van der Waals surface area (Å²) in [5.74, 6) is -2.39. The number of nitrogens with one attached hydrogen (secondary N) is 3. The van der Waals surface area contributed by atoms with Gasteiger partial charge in [0.15, 0.2) is 47.4 Å². The van der Waals surface area contributed by atoms with Gasteiger partial charge >= 0.3 is 33.2 Å². The van der Waals surface area contributed by atoms with Gasteiger partial charge < -0.3 is 37.5 Å². The number of rotatable bonds is 23. The number of halogens is 2. The van der Waals surface area contributed by atoms with Gasteiger partial charge in [-0.3, -0.25) is 42.8 Å². The maximum atomic E-state index is 16.6. The van der Waals surface area contributed by atoms with E-state index in [0.29, 0.717) is 0 Å². The molecule has 2 fully saturated rings. The third kappa shape index (κ3) is 11.5. The number of amides is 1. The monoisotopic (exact) mass is 1080 g/mol. The van der Waals surface area contributed by atoms with Crippen molar-refractivity contribution in [2.24, 2.45) is 5.92 Å². The standard InChI is InChI=1S/C40H59F2N9O16P2Si2/c1-19(2)35(53)48-40-47-34-29(37(55)49-40)46-18-51(34)38-28(42)30(64-68(56)57)26(63-38)16-61-69(58,60-13-11-12-43)65-32-31(66-71(22(7)8,23(9)10)67-70(59,20(3)4)21(5)6)25(15-52)62-39(32)50-14-24(41)27-33(50)44-17-45-36(27)54/h14,17-23,25-26,28,30-32,38-39,52,59H,11,13,15-16H2,1-10H3,(H3-,44,45,47,48,49,53,54,55,56,57)/p+1/t25-,26-,28-,30-,31-,32-,38-,39-,69?/m1/s1. The number of anilines is 1. The Morgan fingerprint density at radius 3 is 2.23 bits per heavy atom. The first-order chi connectivity index (χ1) is 33.3. The lowest BCUT2D eigenvalue weighted by molar-refractivity contribution is -0.118. The van der Waals surface area contributed by atoms with E-state index < -0.39 is 147 Å². The summed E-state index contributed by atoms with van der Waals surface area (Å²) in [6, 6.07) is 1.83. The van der Waals surface area contributed by atoms with Crippen molar-refractivity contribution in [3.8, 4) is 6.07 Å². The molecule has 2 aliphatic rings. The highest BCUT2D eigenvalue weighted by Gasteiger charge is 2.61. The first kappa shape index (κ1) is 56.2. The zero-order valence-corrected chi connectivity index (χ0v) is 44.3. The summed E-state index contributed by atoms with van der Waals surface area (Å²) < 4.78 is 111. The number of nitrogens with zero attached hydrogens (tertiary/aromatic N) is 6. The number of alkyl halides is 1. The molecule has 6 rings (SSSR count). The van der Waals surface area contributed by atoms with Crippen LogP contribution in [0.4, 0.5) is 14.7 Å². The summed E-state index contributed by atoms with van der Waals surface area (Å²) in [5, 5.41) is 22.4. The number of carbonyl (C=O) groups excluding carboxylic acids is 1. The molecule has 0 aliphatic carbocycles. The zero-order chi connectivity index (χ0) is 52.5. The average Bonchev–Trinajstić information content (AvgIpc) is 4.04. The number of aromatic amines is 2. The molecule has 0 spiro atoms. The van der Waals surface area contributed by atoms with Gasteiger partial charge in [0.05, 0.1) is 45.0 Å². The number of H-pyrrole nitrogens is 2. The predicted molar refractivity (Wildman–Crippen MR) is 251 cm³/mol. The van der Waals surface area contributed by atoms with Crippen LogP contribution >= 0.6 is 16.1 Å². The molecule has 4 aromatic rings. The fourth-order valence-electron chi connectivity index (χ4n) is 8.48.